The predicted molar refractivity (Wildman–Crippen MR) is 107 cm³/mol. The van der Waals surface area contributed by atoms with Crippen LogP contribution in [0.5, 0.6) is 0 Å². The summed E-state index contributed by atoms with van der Waals surface area (Å²) in [6.45, 7) is 9.12. The van der Waals surface area contributed by atoms with Gasteiger partial charge in [-0.1, -0.05) is 15.9 Å². The van der Waals surface area contributed by atoms with Crippen molar-refractivity contribution in [1.29, 1.82) is 0 Å². The van der Waals surface area contributed by atoms with E-state index in [-0.39, 0.29) is 41.3 Å². The largest absolute Gasteiger partial charge is 0.353 e. The van der Waals surface area contributed by atoms with E-state index in [1.54, 1.807) is 4.90 Å². The molecule has 1 atom stereocenters. The van der Waals surface area contributed by atoms with Gasteiger partial charge in [0, 0.05) is 40.2 Å². The van der Waals surface area contributed by atoms with Gasteiger partial charge in [0.25, 0.3) is 0 Å². The van der Waals surface area contributed by atoms with E-state index in [1.165, 1.54) is 0 Å². The van der Waals surface area contributed by atoms with Crippen molar-refractivity contribution in [2.24, 2.45) is 5.92 Å². The third-order valence-corrected chi connectivity index (χ3v) is 5.70. The second kappa shape index (κ2) is 6.97. The van der Waals surface area contributed by atoms with Crippen molar-refractivity contribution in [2.45, 2.75) is 64.1 Å². The van der Waals surface area contributed by atoms with E-state index < -0.39 is 0 Å². The van der Waals surface area contributed by atoms with Gasteiger partial charge in [0.15, 0.2) is 0 Å². The Kier molecular flexibility index (Phi) is 5.19. The average molecular weight is 422 g/mol. The molecule has 1 aromatic carbocycles. The molecule has 5 nitrogen and oxygen atoms in total. The van der Waals surface area contributed by atoms with Gasteiger partial charge in [-0.25, -0.2) is 0 Å². The molecule has 3 rings (SSSR count). The summed E-state index contributed by atoms with van der Waals surface area (Å²) < 4.78 is 0.971. The number of piperidine rings is 1. The highest BCUT2D eigenvalue weighted by molar-refractivity contribution is 9.10. The molecule has 2 N–H and O–H groups in total. The fourth-order valence-corrected chi connectivity index (χ4v) is 4.76. The molecule has 0 aliphatic carbocycles. The average Bonchev–Trinajstić information content (AvgIpc) is 2.87. The summed E-state index contributed by atoms with van der Waals surface area (Å²) in [5.74, 6) is -0.276. The van der Waals surface area contributed by atoms with Crippen LogP contribution in [0, 0.1) is 5.92 Å². The number of rotatable bonds is 3. The predicted octanol–water partition coefficient (Wildman–Crippen LogP) is 3.23. The lowest BCUT2D eigenvalue weighted by Gasteiger charge is -2.46. The van der Waals surface area contributed by atoms with Crippen molar-refractivity contribution in [1.82, 2.24) is 10.6 Å². The molecule has 2 fully saturated rings. The van der Waals surface area contributed by atoms with Gasteiger partial charge in [0.1, 0.15) is 0 Å². The highest BCUT2D eigenvalue weighted by Crippen LogP contribution is 2.30. The Morgan fingerprint density at radius 2 is 1.73 bits per heavy atom. The zero-order valence-corrected chi connectivity index (χ0v) is 17.5. The minimum atomic E-state index is -0.285. The summed E-state index contributed by atoms with van der Waals surface area (Å²) >= 11 is 3.41. The van der Waals surface area contributed by atoms with E-state index >= 15 is 0 Å². The molecule has 2 amide bonds. The van der Waals surface area contributed by atoms with Gasteiger partial charge in [0.05, 0.1) is 5.92 Å². The summed E-state index contributed by atoms with van der Waals surface area (Å²) in [7, 11) is 0. The molecule has 0 unspecified atom stereocenters. The van der Waals surface area contributed by atoms with Gasteiger partial charge in [-0.3, -0.25) is 9.59 Å². The number of nitrogens with zero attached hydrogens (tertiary/aromatic N) is 1. The Bertz CT molecular complexity index is 684. The smallest absolute Gasteiger partial charge is 0.227 e. The maximum atomic E-state index is 12.8. The standard InChI is InChI=1S/C20H28BrN3O2/c1-19(2)10-15(11-20(3,4)23-19)22-18(26)13-9-17(25)24(12-13)16-7-5-14(21)6-8-16/h5-8,13,15,23H,9-12H2,1-4H3,(H,22,26)/t13-/m1/s1. The molecule has 26 heavy (non-hydrogen) atoms. The van der Waals surface area contributed by atoms with Gasteiger partial charge in [-0.2, -0.15) is 0 Å². The highest BCUT2D eigenvalue weighted by atomic mass is 79.9. The number of halogens is 1. The molecule has 1 aromatic rings. The quantitative estimate of drug-likeness (QED) is 0.787. The first-order chi connectivity index (χ1) is 12.0. The van der Waals surface area contributed by atoms with Crippen LogP contribution in [0.25, 0.3) is 0 Å². The molecule has 0 aromatic heterocycles. The van der Waals surface area contributed by atoms with Crippen LogP contribution in [-0.4, -0.2) is 35.5 Å². The van der Waals surface area contributed by atoms with E-state index in [2.05, 4.69) is 54.3 Å². The number of carbonyl (C=O) groups is 2. The Hall–Kier alpha value is -1.40. The summed E-state index contributed by atoms with van der Waals surface area (Å²) in [4.78, 5) is 26.9. The van der Waals surface area contributed by atoms with Gasteiger partial charge >= 0.3 is 0 Å². The van der Waals surface area contributed by atoms with Gasteiger partial charge in [0.2, 0.25) is 11.8 Å². The van der Waals surface area contributed by atoms with Crippen LogP contribution in [0.3, 0.4) is 0 Å². The molecule has 0 spiro atoms. The number of nitrogens with one attached hydrogen (secondary N) is 2. The maximum absolute atomic E-state index is 12.8. The number of benzene rings is 1. The lowest BCUT2D eigenvalue weighted by atomic mass is 9.79. The fraction of sp³-hybridized carbons (Fsp3) is 0.600. The van der Waals surface area contributed by atoms with Gasteiger partial charge in [-0.05, 0) is 64.8 Å². The Balaban J connectivity index is 1.64. The molecule has 0 radical (unpaired) electrons. The third-order valence-electron chi connectivity index (χ3n) is 5.17. The first-order valence-electron chi connectivity index (χ1n) is 9.20. The number of hydrogen-bond acceptors (Lipinski definition) is 3. The number of hydrogen-bond donors (Lipinski definition) is 2. The fourth-order valence-electron chi connectivity index (χ4n) is 4.50. The number of anilines is 1. The Morgan fingerprint density at radius 1 is 1.15 bits per heavy atom. The molecule has 2 aliphatic rings. The van der Waals surface area contributed by atoms with E-state index in [4.69, 9.17) is 0 Å². The topological polar surface area (TPSA) is 61.4 Å². The molecular formula is C20H28BrN3O2. The molecule has 2 saturated heterocycles. The highest BCUT2D eigenvalue weighted by Gasteiger charge is 2.40. The number of amides is 2. The zero-order valence-electron chi connectivity index (χ0n) is 15.9. The van der Waals surface area contributed by atoms with Crippen molar-refractivity contribution >= 4 is 33.4 Å². The van der Waals surface area contributed by atoms with Gasteiger partial charge in [-0.15, -0.1) is 0 Å². The molecular weight excluding hydrogens is 394 g/mol. The van der Waals surface area contributed by atoms with E-state index in [0.29, 0.717) is 6.54 Å². The molecule has 2 aliphatic heterocycles. The number of carbonyl (C=O) groups excluding carboxylic acids is 2. The van der Waals surface area contributed by atoms with Crippen molar-refractivity contribution in [3.8, 4) is 0 Å². The van der Waals surface area contributed by atoms with E-state index in [1.807, 2.05) is 24.3 Å². The lowest BCUT2D eigenvalue weighted by molar-refractivity contribution is -0.127. The van der Waals surface area contributed by atoms with Crippen molar-refractivity contribution < 1.29 is 9.59 Å². The summed E-state index contributed by atoms with van der Waals surface area (Å²) in [6.07, 6.45) is 2.05. The summed E-state index contributed by atoms with van der Waals surface area (Å²) in [5, 5.41) is 6.84. The first-order valence-corrected chi connectivity index (χ1v) is 10.00. The van der Waals surface area contributed by atoms with Crippen LogP contribution >= 0.6 is 15.9 Å². The normalized spacial score (nSPS) is 25.3. The Morgan fingerprint density at radius 3 is 2.31 bits per heavy atom. The van der Waals surface area contributed by atoms with Gasteiger partial charge < -0.3 is 15.5 Å². The third kappa shape index (κ3) is 4.46. The molecule has 0 bridgehead atoms. The van der Waals surface area contributed by atoms with Crippen LogP contribution < -0.4 is 15.5 Å². The van der Waals surface area contributed by atoms with Crippen LogP contribution in [0.1, 0.15) is 47.0 Å². The molecule has 142 valence electrons. The minimum absolute atomic E-state index is 0.00328. The summed E-state index contributed by atoms with van der Waals surface area (Å²) in [5.41, 5.74) is 0.807. The maximum Gasteiger partial charge on any atom is 0.227 e. The van der Waals surface area contributed by atoms with Crippen LogP contribution in [0.15, 0.2) is 28.7 Å². The van der Waals surface area contributed by atoms with Crippen molar-refractivity contribution in [3.63, 3.8) is 0 Å². The SMILES string of the molecule is CC1(C)CC(NC(=O)[C@@H]2CC(=O)N(c3ccc(Br)cc3)C2)CC(C)(C)N1. The first kappa shape index (κ1) is 19.4. The van der Waals surface area contributed by atoms with Crippen LogP contribution in [-0.2, 0) is 9.59 Å². The minimum Gasteiger partial charge on any atom is -0.353 e. The van der Waals surface area contributed by atoms with Crippen LogP contribution in [0.4, 0.5) is 5.69 Å². The molecule has 2 heterocycles. The van der Waals surface area contributed by atoms with E-state index in [9.17, 15) is 9.59 Å². The van der Waals surface area contributed by atoms with Crippen molar-refractivity contribution in [3.05, 3.63) is 28.7 Å². The van der Waals surface area contributed by atoms with Crippen LogP contribution in [0.2, 0.25) is 0 Å². The second-order valence-electron chi connectivity index (χ2n) is 8.89. The molecule has 6 heteroatoms. The zero-order chi connectivity index (χ0) is 19.1. The molecule has 0 saturated carbocycles. The second-order valence-corrected chi connectivity index (χ2v) is 9.80. The lowest BCUT2D eigenvalue weighted by Crippen LogP contribution is -2.62. The Labute approximate surface area is 164 Å². The summed E-state index contributed by atoms with van der Waals surface area (Å²) in [6, 6.07) is 7.76. The van der Waals surface area contributed by atoms with E-state index in [0.717, 1.165) is 23.0 Å². The monoisotopic (exact) mass is 421 g/mol. The van der Waals surface area contributed by atoms with Crippen molar-refractivity contribution in [2.75, 3.05) is 11.4 Å².